The first kappa shape index (κ1) is 13.8. The van der Waals surface area contributed by atoms with Crippen LogP contribution in [0.2, 0.25) is 0 Å². The molecule has 6 nitrogen and oxygen atoms in total. The van der Waals surface area contributed by atoms with Crippen LogP contribution in [-0.2, 0) is 0 Å². The van der Waals surface area contributed by atoms with Gasteiger partial charge in [0.2, 0.25) is 0 Å². The molecule has 9 heteroatoms. The molecule has 1 aromatic heterocycles. The average molecular weight is 286 g/mol. The third-order valence-corrected chi connectivity index (χ3v) is 2.34. The minimum Gasteiger partial charge on any atom is -0.406 e. The van der Waals surface area contributed by atoms with Crippen LogP contribution in [0.1, 0.15) is 16.1 Å². The second-order valence-electron chi connectivity index (χ2n) is 3.97. The van der Waals surface area contributed by atoms with Gasteiger partial charge >= 0.3 is 6.36 Å². The van der Waals surface area contributed by atoms with Crippen molar-refractivity contribution in [2.45, 2.75) is 13.3 Å². The SMILES string of the molecule is Cc1cc(OC(F)(F)F)cc(-c2n[nH]nc2C(N)=O)c1. The highest BCUT2D eigenvalue weighted by Gasteiger charge is 2.31. The lowest BCUT2D eigenvalue weighted by molar-refractivity contribution is -0.274. The Bertz CT molecular complexity index is 651. The average Bonchev–Trinajstić information content (AvgIpc) is 2.74. The second-order valence-corrected chi connectivity index (χ2v) is 3.97. The van der Waals surface area contributed by atoms with Crippen LogP contribution in [0, 0.1) is 6.92 Å². The van der Waals surface area contributed by atoms with Crippen LogP contribution in [0.5, 0.6) is 5.75 Å². The molecule has 0 saturated carbocycles. The molecule has 0 radical (unpaired) electrons. The van der Waals surface area contributed by atoms with E-state index >= 15 is 0 Å². The summed E-state index contributed by atoms with van der Waals surface area (Å²) in [7, 11) is 0. The highest BCUT2D eigenvalue weighted by Crippen LogP contribution is 2.29. The molecule has 20 heavy (non-hydrogen) atoms. The van der Waals surface area contributed by atoms with E-state index < -0.39 is 18.0 Å². The Kier molecular flexibility index (Phi) is 3.35. The fraction of sp³-hybridized carbons (Fsp3) is 0.182. The van der Waals surface area contributed by atoms with Crippen molar-refractivity contribution in [3.05, 3.63) is 29.5 Å². The smallest absolute Gasteiger partial charge is 0.406 e. The molecule has 2 aromatic rings. The van der Waals surface area contributed by atoms with Gasteiger partial charge < -0.3 is 10.5 Å². The number of rotatable bonds is 3. The summed E-state index contributed by atoms with van der Waals surface area (Å²) in [6.07, 6.45) is -4.80. The maximum absolute atomic E-state index is 12.2. The Morgan fingerprint density at radius 1 is 1.30 bits per heavy atom. The largest absolute Gasteiger partial charge is 0.573 e. The number of ether oxygens (including phenoxy) is 1. The molecular formula is C11H9F3N4O2. The van der Waals surface area contributed by atoms with E-state index in [2.05, 4.69) is 20.1 Å². The molecule has 0 fully saturated rings. The van der Waals surface area contributed by atoms with Crippen molar-refractivity contribution in [3.8, 4) is 17.0 Å². The summed E-state index contributed by atoms with van der Waals surface area (Å²) in [6, 6.07) is 3.85. The summed E-state index contributed by atoms with van der Waals surface area (Å²) in [5, 5.41) is 9.47. The summed E-state index contributed by atoms with van der Waals surface area (Å²) < 4.78 is 40.5. The molecule has 1 aromatic carbocycles. The van der Waals surface area contributed by atoms with E-state index in [0.717, 1.165) is 6.07 Å². The fourth-order valence-corrected chi connectivity index (χ4v) is 1.68. The van der Waals surface area contributed by atoms with E-state index in [0.29, 0.717) is 5.56 Å². The second kappa shape index (κ2) is 4.83. The number of benzene rings is 1. The molecule has 0 spiro atoms. The highest BCUT2D eigenvalue weighted by atomic mass is 19.4. The normalized spacial score (nSPS) is 11.4. The van der Waals surface area contributed by atoms with Gasteiger partial charge in [-0.3, -0.25) is 4.79 Å². The number of hydrogen-bond acceptors (Lipinski definition) is 4. The van der Waals surface area contributed by atoms with E-state index in [1.807, 2.05) is 0 Å². The summed E-state index contributed by atoms with van der Waals surface area (Å²) in [5.41, 5.74) is 5.75. The zero-order valence-electron chi connectivity index (χ0n) is 10.2. The number of alkyl halides is 3. The summed E-state index contributed by atoms with van der Waals surface area (Å²) in [6.45, 7) is 1.58. The maximum Gasteiger partial charge on any atom is 0.573 e. The lowest BCUT2D eigenvalue weighted by Crippen LogP contribution is -2.17. The van der Waals surface area contributed by atoms with Crippen LogP contribution in [-0.4, -0.2) is 27.7 Å². The molecule has 3 N–H and O–H groups in total. The molecule has 0 atom stereocenters. The number of carbonyl (C=O) groups is 1. The van der Waals surface area contributed by atoms with Gasteiger partial charge in [-0.2, -0.15) is 15.4 Å². The number of carbonyl (C=O) groups excluding carboxylic acids is 1. The molecular weight excluding hydrogens is 277 g/mol. The number of halogens is 3. The van der Waals surface area contributed by atoms with Gasteiger partial charge in [0.25, 0.3) is 5.91 Å². The highest BCUT2D eigenvalue weighted by molar-refractivity contribution is 5.96. The molecule has 0 saturated heterocycles. The van der Waals surface area contributed by atoms with Crippen molar-refractivity contribution in [1.82, 2.24) is 15.4 Å². The number of nitrogens with two attached hydrogens (primary N) is 1. The Balaban J connectivity index is 2.47. The van der Waals surface area contributed by atoms with Crippen molar-refractivity contribution in [2.75, 3.05) is 0 Å². The van der Waals surface area contributed by atoms with E-state index in [9.17, 15) is 18.0 Å². The zero-order valence-corrected chi connectivity index (χ0v) is 10.2. The van der Waals surface area contributed by atoms with Crippen molar-refractivity contribution in [2.24, 2.45) is 5.73 Å². The van der Waals surface area contributed by atoms with Gasteiger partial charge in [0, 0.05) is 5.56 Å². The zero-order chi connectivity index (χ0) is 14.9. The van der Waals surface area contributed by atoms with Crippen molar-refractivity contribution in [1.29, 1.82) is 0 Å². The van der Waals surface area contributed by atoms with Crippen LogP contribution < -0.4 is 10.5 Å². The fourth-order valence-electron chi connectivity index (χ4n) is 1.68. The first-order valence-electron chi connectivity index (χ1n) is 5.34. The number of aryl methyl sites for hydroxylation is 1. The molecule has 1 heterocycles. The predicted molar refractivity (Wildman–Crippen MR) is 61.8 cm³/mol. The van der Waals surface area contributed by atoms with Gasteiger partial charge in [0.05, 0.1) is 0 Å². The number of aromatic amines is 1. The Morgan fingerprint density at radius 2 is 2.00 bits per heavy atom. The number of amides is 1. The number of hydrogen-bond donors (Lipinski definition) is 2. The van der Waals surface area contributed by atoms with E-state index in [1.54, 1.807) is 6.92 Å². The van der Waals surface area contributed by atoms with Gasteiger partial charge in [-0.1, -0.05) is 0 Å². The van der Waals surface area contributed by atoms with Gasteiger partial charge in [0.1, 0.15) is 11.4 Å². The number of nitrogens with zero attached hydrogens (tertiary/aromatic N) is 2. The van der Waals surface area contributed by atoms with Gasteiger partial charge in [-0.05, 0) is 30.7 Å². The Labute approximate surface area is 110 Å². The first-order chi connectivity index (χ1) is 9.26. The minimum absolute atomic E-state index is 0.0632. The van der Waals surface area contributed by atoms with Crippen LogP contribution >= 0.6 is 0 Å². The number of aromatic nitrogens is 3. The van der Waals surface area contributed by atoms with Crippen molar-refractivity contribution >= 4 is 5.91 Å². The van der Waals surface area contributed by atoms with E-state index in [1.165, 1.54) is 12.1 Å². The quantitative estimate of drug-likeness (QED) is 0.899. The molecule has 0 aliphatic carbocycles. The summed E-state index contributed by atoms with van der Waals surface area (Å²) in [5.74, 6) is -1.25. The molecule has 1 amide bonds. The van der Waals surface area contributed by atoms with Crippen LogP contribution in [0.4, 0.5) is 13.2 Å². The van der Waals surface area contributed by atoms with Crippen molar-refractivity contribution < 1.29 is 22.7 Å². The van der Waals surface area contributed by atoms with Crippen molar-refractivity contribution in [3.63, 3.8) is 0 Å². The van der Waals surface area contributed by atoms with Gasteiger partial charge in [-0.15, -0.1) is 13.2 Å². The third kappa shape index (κ3) is 3.05. The lowest BCUT2D eigenvalue weighted by Gasteiger charge is -2.10. The molecule has 0 aliphatic heterocycles. The molecule has 0 unspecified atom stereocenters. The Hall–Kier alpha value is -2.58. The molecule has 0 aliphatic rings. The predicted octanol–water partition coefficient (Wildman–Crippen LogP) is 1.78. The van der Waals surface area contributed by atoms with Crippen LogP contribution in [0.25, 0.3) is 11.3 Å². The molecule has 2 rings (SSSR count). The topological polar surface area (TPSA) is 93.9 Å². The van der Waals surface area contributed by atoms with Gasteiger partial charge in [-0.25, -0.2) is 0 Å². The number of nitrogens with one attached hydrogen (secondary N) is 1. The molecule has 0 bridgehead atoms. The molecule has 106 valence electrons. The van der Waals surface area contributed by atoms with Crippen LogP contribution in [0.3, 0.4) is 0 Å². The number of H-pyrrole nitrogens is 1. The lowest BCUT2D eigenvalue weighted by atomic mass is 10.1. The van der Waals surface area contributed by atoms with E-state index in [4.69, 9.17) is 5.73 Å². The van der Waals surface area contributed by atoms with Crippen LogP contribution in [0.15, 0.2) is 18.2 Å². The Morgan fingerprint density at radius 3 is 2.60 bits per heavy atom. The maximum atomic E-state index is 12.2. The minimum atomic E-state index is -4.80. The summed E-state index contributed by atoms with van der Waals surface area (Å²) in [4.78, 5) is 11.1. The number of primary amides is 1. The summed E-state index contributed by atoms with van der Waals surface area (Å²) >= 11 is 0. The monoisotopic (exact) mass is 286 g/mol. The van der Waals surface area contributed by atoms with Gasteiger partial charge in [0.15, 0.2) is 5.69 Å². The first-order valence-corrected chi connectivity index (χ1v) is 5.34. The third-order valence-electron chi connectivity index (χ3n) is 2.34. The van der Waals surface area contributed by atoms with E-state index in [-0.39, 0.29) is 17.0 Å². The standard InChI is InChI=1S/C11H9F3N4O2/c1-5-2-6(4-7(3-5)20-11(12,13)14)8-9(10(15)19)17-18-16-8/h2-4H,1H3,(H2,15,19)(H,16,17,18).